The number of rotatable bonds is 5. The molecule has 13 heteroatoms. The zero-order chi connectivity index (χ0) is 19.8. The minimum atomic E-state index is -0.412. The Morgan fingerprint density at radius 2 is 1.94 bits per heavy atom. The van der Waals surface area contributed by atoms with E-state index in [1.165, 1.54) is 17.4 Å². The summed E-state index contributed by atoms with van der Waals surface area (Å²) in [7, 11) is 1.88. The Balaban J connectivity index is 0.00000160. The van der Waals surface area contributed by atoms with Crippen LogP contribution in [0.3, 0.4) is 0 Å². The van der Waals surface area contributed by atoms with Crippen LogP contribution in [0.5, 0.6) is 0 Å². The Bertz CT molecular complexity index is 1050. The fourth-order valence-corrected chi connectivity index (χ4v) is 3.90. The summed E-state index contributed by atoms with van der Waals surface area (Å²) in [6.07, 6.45) is 2.73. The number of amides is 1. The van der Waals surface area contributed by atoms with Crippen LogP contribution < -0.4 is 10.6 Å². The average molecular weight is 511 g/mol. The van der Waals surface area contributed by atoms with Gasteiger partial charge in [-0.05, 0) is 32.5 Å². The van der Waals surface area contributed by atoms with Crippen molar-refractivity contribution in [1.82, 2.24) is 30.2 Å². The second-order valence-corrected chi connectivity index (χ2v) is 7.98. The molecule has 1 aliphatic rings. The van der Waals surface area contributed by atoms with E-state index in [0.29, 0.717) is 40.7 Å². The van der Waals surface area contributed by atoms with E-state index in [0.717, 1.165) is 11.2 Å². The van der Waals surface area contributed by atoms with Gasteiger partial charge >= 0.3 is 0 Å². The number of pyridine rings is 1. The summed E-state index contributed by atoms with van der Waals surface area (Å²) in [5.74, 6) is -0.264. The van der Waals surface area contributed by atoms with Crippen LogP contribution in [-0.4, -0.2) is 56.9 Å². The number of nitrogens with zero attached hydrogens (tertiary/aromatic N) is 5. The van der Waals surface area contributed by atoms with E-state index in [1.54, 1.807) is 11.1 Å². The Hall–Kier alpha value is -1.85. The zero-order valence-corrected chi connectivity index (χ0v) is 20.2. The van der Waals surface area contributed by atoms with Crippen LogP contribution in [0.1, 0.15) is 34.0 Å². The maximum Gasteiger partial charge on any atom is 0.274 e. The second kappa shape index (κ2) is 11.1. The minimum Gasteiger partial charge on any atom is -0.348 e. The normalized spacial score (nSPS) is 14.0. The number of likely N-dealkylation sites (N-methyl/N-ethyl adjacent to an activating group) is 1. The Labute approximate surface area is 201 Å². The molecule has 8 nitrogen and oxygen atoms in total. The number of fused-ring (bicyclic) bond motifs is 1. The van der Waals surface area contributed by atoms with Gasteiger partial charge in [-0.15, -0.1) is 48.6 Å². The van der Waals surface area contributed by atoms with E-state index in [2.05, 4.69) is 30.6 Å². The van der Waals surface area contributed by atoms with Gasteiger partial charge in [-0.2, -0.15) is 4.98 Å². The molecular formula is C18H23Cl3FN7OS. The number of aryl methyl sites for hydroxylation is 1. The van der Waals surface area contributed by atoms with E-state index in [-0.39, 0.29) is 55.1 Å². The molecule has 0 spiro atoms. The summed E-state index contributed by atoms with van der Waals surface area (Å²) in [5, 5.41) is 7.10. The molecule has 4 rings (SSSR count). The minimum absolute atomic E-state index is 0. The molecule has 1 fully saturated rings. The predicted octanol–water partition coefficient (Wildman–Crippen LogP) is 3.41. The maximum atomic E-state index is 13.5. The van der Waals surface area contributed by atoms with Gasteiger partial charge in [-0.25, -0.2) is 14.4 Å². The summed E-state index contributed by atoms with van der Waals surface area (Å²) in [6.45, 7) is 5.01. The number of anilines is 1. The Kier molecular flexibility index (Phi) is 9.77. The van der Waals surface area contributed by atoms with Crippen LogP contribution in [0.4, 0.5) is 10.3 Å². The molecule has 31 heavy (non-hydrogen) atoms. The fraction of sp³-hybridized carbons (Fsp3) is 0.389. The molecule has 0 bridgehead atoms. The van der Waals surface area contributed by atoms with Crippen LogP contribution in [0, 0.1) is 12.7 Å². The summed E-state index contributed by atoms with van der Waals surface area (Å²) in [4.78, 5) is 31.9. The molecule has 2 N–H and O–H groups in total. The number of hydrogen-bond donors (Lipinski definition) is 2. The van der Waals surface area contributed by atoms with Crippen LogP contribution in [-0.2, 0) is 0 Å². The SMILES string of the molecule is CNC1CN(C(=O)c2nc(N[C@@H](C)c3cncc(F)c3)nc3nc(C)sc23)C1.Cl.Cl.Cl. The van der Waals surface area contributed by atoms with Crippen molar-refractivity contribution in [3.63, 3.8) is 0 Å². The molecule has 0 radical (unpaired) electrons. The Morgan fingerprint density at radius 1 is 1.23 bits per heavy atom. The van der Waals surface area contributed by atoms with E-state index in [1.807, 2.05) is 20.9 Å². The molecule has 3 aromatic rings. The molecule has 170 valence electrons. The number of aromatic nitrogens is 4. The van der Waals surface area contributed by atoms with Crippen LogP contribution in [0.2, 0.25) is 0 Å². The monoisotopic (exact) mass is 509 g/mol. The van der Waals surface area contributed by atoms with Gasteiger partial charge in [-0.1, -0.05) is 0 Å². The molecule has 0 aliphatic carbocycles. The third-order valence-electron chi connectivity index (χ3n) is 4.71. The average Bonchev–Trinajstić information content (AvgIpc) is 3.00. The van der Waals surface area contributed by atoms with E-state index < -0.39 is 5.82 Å². The highest BCUT2D eigenvalue weighted by Gasteiger charge is 2.32. The second-order valence-electron chi connectivity index (χ2n) is 6.78. The summed E-state index contributed by atoms with van der Waals surface area (Å²) in [5.41, 5.74) is 1.49. The van der Waals surface area contributed by atoms with Crippen molar-refractivity contribution in [2.75, 3.05) is 25.5 Å². The molecule has 0 aromatic carbocycles. The van der Waals surface area contributed by atoms with Crippen LogP contribution in [0.25, 0.3) is 10.3 Å². The van der Waals surface area contributed by atoms with Crippen molar-refractivity contribution < 1.29 is 9.18 Å². The number of thiazole rings is 1. The third kappa shape index (κ3) is 5.69. The first-order valence-electron chi connectivity index (χ1n) is 8.93. The number of carbonyl (C=O) groups excluding carboxylic acids is 1. The van der Waals surface area contributed by atoms with E-state index in [9.17, 15) is 9.18 Å². The third-order valence-corrected chi connectivity index (χ3v) is 5.68. The first-order chi connectivity index (χ1) is 13.4. The smallest absolute Gasteiger partial charge is 0.274 e. The molecule has 1 aliphatic heterocycles. The van der Waals surface area contributed by atoms with Gasteiger partial charge in [0.05, 0.1) is 17.2 Å². The quantitative estimate of drug-likeness (QED) is 0.543. The topological polar surface area (TPSA) is 95.9 Å². The summed E-state index contributed by atoms with van der Waals surface area (Å²) >= 11 is 1.40. The standard InChI is InChI=1S/C18H20FN7OS.3ClH/c1-9(11-4-12(19)6-21-5-11)22-18-24-14(15-16(25-18)23-10(2)28-15)17(27)26-7-13(8-26)20-3;;;/h4-6,9,13,20H,7-8H2,1-3H3,(H,22,24,25);3*1H/t9-;;;/m0.../s1. The summed E-state index contributed by atoms with van der Waals surface area (Å²) < 4.78 is 14.1. The largest absolute Gasteiger partial charge is 0.348 e. The first-order valence-corrected chi connectivity index (χ1v) is 9.75. The van der Waals surface area contributed by atoms with Gasteiger partial charge in [0.25, 0.3) is 5.91 Å². The lowest BCUT2D eigenvalue weighted by Crippen LogP contribution is -2.59. The predicted molar refractivity (Wildman–Crippen MR) is 127 cm³/mol. The maximum absolute atomic E-state index is 13.5. The highest BCUT2D eigenvalue weighted by Crippen LogP contribution is 2.27. The molecule has 1 amide bonds. The molecule has 3 aromatic heterocycles. The molecule has 0 unspecified atom stereocenters. The number of halogens is 4. The number of nitrogens with one attached hydrogen (secondary N) is 2. The van der Waals surface area contributed by atoms with Gasteiger partial charge in [0.1, 0.15) is 10.5 Å². The van der Waals surface area contributed by atoms with Crippen LogP contribution in [0.15, 0.2) is 18.5 Å². The number of hydrogen-bond acceptors (Lipinski definition) is 8. The van der Waals surface area contributed by atoms with Crippen molar-refractivity contribution in [2.45, 2.75) is 25.9 Å². The molecule has 1 atom stereocenters. The first kappa shape index (κ1) is 27.2. The number of likely N-dealkylation sites (tertiary alicyclic amines) is 1. The number of carbonyl (C=O) groups is 1. The van der Waals surface area contributed by atoms with Gasteiger partial charge in [-0.3, -0.25) is 9.78 Å². The Morgan fingerprint density at radius 3 is 2.58 bits per heavy atom. The van der Waals surface area contributed by atoms with Gasteiger partial charge in [0.15, 0.2) is 11.3 Å². The van der Waals surface area contributed by atoms with E-state index in [4.69, 9.17) is 0 Å². The van der Waals surface area contributed by atoms with Crippen molar-refractivity contribution in [3.05, 3.63) is 40.5 Å². The molecule has 4 heterocycles. The molecule has 1 saturated heterocycles. The molecule has 0 saturated carbocycles. The fourth-order valence-electron chi connectivity index (χ4n) is 3.06. The highest BCUT2D eigenvalue weighted by atomic mass is 35.5. The lowest BCUT2D eigenvalue weighted by atomic mass is 10.1. The van der Waals surface area contributed by atoms with Crippen molar-refractivity contribution >= 4 is 70.8 Å². The van der Waals surface area contributed by atoms with Crippen molar-refractivity contribution in [1.29, 1.82) is 0 Å². The lowest BCUT2D eigenvalue weighted by Gasteiger charge is -2.38. The van der Waals surface area contributed by atoms with E-state index >= 15 is 0 Å². The van der Waals surface area contributed by atoms with Crippen molar-refractivity contribution in [3.8, 4) is 0 Å². The molecular weight excluding hydrogens is 488 g/mol. The van der Waals surface area contributed by atoms with Gasteiger partial charge < -0.3 is 15.5 Å². The highest BCUT2D eigenvalue weighted by molar-refractivity contribution is 7.18. The zero-order valence-electron chi connectivity index (χ0n) is 17.0. The van der Waals surface area contributed by atoms with Gasteiger partial charge in [0.2, 0.25) is 5.95 Å². The summed E-state index contributed by atoms with van der Waals surface area (Å²) in [6, 6.07) is 1.42. The van der Waals surface area contributed by atoms with Crippen LogP contribution >= 0.6 is 48.6 Å². The van der Waals surface area contributed by atoms with Crippen molar-refractivity contribution in [2.24, 2.45) is 0 Å². The van der Waals surface area contributed by atoms with Gasteiger partial charge in [0, 0.05) is 25.3 Å². The lowest BCUT2D eigenvalue weighted by molar-refractivity contribution is 0.0573.